The zero-order valence-corrected chi connectivity index (χ0v) is 23.8. The van der Waals surface area contributed by atoms with E-state index >= 15 is 0 Å². The Balaban J connectivity index is 1.47. The maximum atomic E-state index is 13.2. The lowest BCUT2D eigenvalue weighted by molar-refractivity contribution is -0.122. The topological polar surface area (TPSA) is 106 Å². The Bertz CT molecular complexity index is 1390. The van der Waals surface area contributed by atoms with Crippen LogP contribution in [-0.4, -0.2) is 41.2 Å². The number of carbonyl (C=O) groups excluding carboxylic acids is 1. The Morgan fingerprint density at radius 2 is 1.87 bits per heavy atom. The third kappa shape index (κ3) is 7.94. The van der Waals surface area contributed by atoms with Gasteiger partial charge in [0.25, 0.3) is 0 Å². The van der Waals surface area contributed by atoms with Crippen LogP contribution in [-0.2, 0) is 26.1 Å². The first-order valence-electron chi connectivity index (χ1n) is 12.5. The van der Waals surface area contributed by atoms with E-state index in [4.69, 9.17) is 32.7 Å². The lowest BCUT2D eigenvalue weighted by Gasteiger charge is -2.28. The minimum Gasteiger partial charge on any atom is -0.493 e. The van der Waals surface area contributed by atoms with Gasteiger partial charge >= 0.3 is 0 Å². The van der Waals surface area contributed by atoms with E-state index < -0.39 is 16.1 Å². The zero-order valence-electron chi connectivity index (χ0n) is 21.5. The van der Waals surface area contributed by atoms with Crippen molar-refractivity contribution in [1.29, 1.82) is 0 Å². The molecule has 0 saturated carbocycles. The van der Waals surface area contributed by atoms with Gasteiger partial charge in [-0.15, -0.1) is 0 Å². The molecule has 3 aromatic carbocycles. The molecule has 39 heavy (non-hydrogen) atoms. The molecule has 3 N–H and O–H groups in total. The summed E-state index contributed by atoms with van der Waals surface area (Å²) >= 11 is 12.0. The molecular weight excluding hydrogens is 561 g/mol. The molecule has 1 aliphatic rings. The minimum absolute atomic E-state index is 0.0379. The monoisotopic (exact) mass is 591 g/mol. The second-order valence-electron chi connectivity index (χ2n) is 9.16. The van der Waals surface area contributed by atoms with Crippen LogP contribution in [0.3, 0.4) is 0 Å². The van der Waals surface area contributed by atoms with E-state index in [1.807, 2.05) is 24.3 Å². The first-order chi connectivity index (χ1) is 18.8. The van der Waals surface area contributed by atoms with Crippen LogP contribution in [0.5, 0.6) is 5.75 Å². The van der Waals surface area contributed by atoms with Crippen LogP contribution in [0.4, 0.5) is 0 Å². The summed E-state index contributed by atoms with van der Waals surface area (Å²) in [5.41, 5.74) is 2.62. The van der Waals surface area contributed by atoms with Gasteiger partial charge in [0.15, 0.2) is 0 Å². The van der Waals surface area contributed by atoms with E-state index in [9.17, 15) is 13.2 Å². The Kier molecular flexibility index (Phi) is 10.2. The number of amides is 1. The van der Waals surface area contributed by atoms with Crippen molar-refractivity contribution in [2.45, 2.75) is 36.4 Å². The Morgan fingerprint density at radius 3 is 2.62 bits per heavy atom. The van der Waals surface area contributed by atoms with E-state index in [2.05, 4.69) is 15.4 Å². The second kappa shape index (κ2) is 13.6. The van der Waals surface area contributed by atoms with Crippen molar-refractivity contribution in [3.05, 3.63) is 93.5 Å². The predicted octanol–water partition coefficient (Wildman–Crippen LogP) is 4.78. The van der Waals surface area contributed by atoms with Gasteiger partial charge in [-0.1, -0.05) is 65.7 Å². The number of hydrogen-bond donors (Lipinski definition) is 3. The molecule has 2 unspecified atom stereocenters. The molecule has 0 spiro atoms. The number of fused-ring (bicyclic) bond motifs is 1. The Labute approximate surface area is 239 Å². The lowest BCUT2D eigenvalue weighted by atomic mass is 9.98. The number of methoxy groups -OCH3 is 1. The third-order valence-corrected chi connectivity index (χ3v) is 8.56. The van der Waals surface area contributed by atoms with Gasteiger partial charge < -0.3 is 20.1 Å². The molecule has 1 heterocycles. The molecule has 2 atom stereocenters. The first kappa shape index (κ1) is 29.3. The Hall–Kier alpha value is -2.66. The van der Waals surface area contributed by atoms with Crippen molar-refractivity contribution in [2.75, 3.05) is 26.9 Å². The highest BCUT2D eigenvalue weighted by Crippen LogP contribution is 2.33. The highest BCUT2D eigenvalue weighted by atomic mass is 35.5. The Morgan fingerprint density at radius 1 is 1.08 bits per heavy atom. The van der Waals surface area contributed by atoms with Gasteiger partial charge in [0.2, 0.25) is 15.9 Å². The number of nitrogens with one attached hydrogen (secondary N) is 3. The lowest BCUT2D eigenvalue weighted by Crippen LogP contribution is -2.36. The van der Waals surface area contributed by atoms with Gasteiger partial charge in [-0.25, -0.2) is 13.1 Å². The summed E-state index contributed by atoms with van der Waals surface area (Å²) in [5.74, 6) is 0.446. The number of ether oxygens (including phenoxy) is 2. The molecule has 1 amide bonds. The number of hydrogen-bond acceptors (Lipinski definition) is 6. The number of halogens is 2. The average molecular weight is 593 g/mol. The van der Waals surface area contributed by atoms with Crippen molar-refractivity contribution in [3.8, 4) is 5.75 Å². The summed E-state index contributed by atoms with van der Waals surface area (Å²) in [6.45, 7) is 2.51. The summed E-state index contributed by atoms with van der Waals surface area (Å²) in [7, 11) is -2.34. The van der Waals surface area contributed by atoms with E-state index in [1.54, 1.807) is 31.4 Å². The summed E-state index contributed by atoms with van der Waals surface area (Å²) in [5, 5.41) is 6.75. The maximum absolute atomic E-state index is 13.2. The van der Waals surface area contributed by atoms with Gasteiger partial charge in [0.05, 0.1) is 40.2 Å². The number of benzene rings is 3. The van der Waals surface area contributed by atoms with Crippen LogP contribution in [0.1, 0.15) is 41.6 Å². The van der Waals surface area contributed by atoms with Gasteiger partial charge in [-0.2, -0.15) is 0 Å². The average Bonchev–Trinajstić information content (AvgIpc) is 2.92. The van der Waals surface area contributed by atoms with Gasteiger partial charge in [0, 0.05) is 38.6 Å². The van der Waals surface area contributed by atoms with Crippen molar-refractivity contribution < 1.29 is 22.7 Å². The smallest absolute Gasteiger partial charge is 0.241 e. The quantitative estimate of drug-likeness (QED) is 0.262. The third-order valence-electron chi connectivity index (χ3n) is 6.36. The summed E-state index contributed by atoms with van der Waals surface area (Å²) in [6.07, 6.45) is 0.508. The molecule has 0 aromatic heterocycles. The van der Waals surface area contributed by atoms with Crippen LogP contribution in [0, 0.1) is 0 Å². The standard InChI is InChI=1S/C28H31Cl2N3O5S/c1-37-14-12-31-18-19-7-9-22-25(11-13-38-27(22)15-19)32-28(34)17-26(20-5-3-2-4-6-20)33-39(35,36)21-8-10-23(29)24(30)16-21/h2-10,15-16,25-26,31,33H,11-14,17-18H2,1H3,(H,32,34). The van der Waals surface area contributed by atoms with Crippen LogP contribution in [0.2, 0.25) is 10.0 Å². The number of rotatable bonds is 12. The van der Waals surface area contributed by atoms with E-state index in [0.29, 0.717) is 31.7 Å². The largest absolute Gasteiger partial charge is 0.493 e. The molecule has 4 rings (SSSR count). The molecule has 0 fully saturated rings. The molecular formula is C28H31Cl2N3O5S. The molecule has 8 nitrogen and oxygen atoms in total. The van der Waals surface area contributed by atoms with Crippen molar-refractivity contribution in [3.63, 3.8) is 0 Å². The predicted molar refractivity (Wildman–Crippen MR) is 152 cm³/mol. The molecule has 208 valence electrons. The first-order valence-corrected chi connectivity index (χ1v) is 14.8. The van der Waals surface area contributed by atoms with Crippen molar-refractivity contribution in [1.82, 2.24) is 15.4 Å². The molecule has 3 aromatic rings. The fourth-order valence-electron chi connectivity index (χ4n) is 4.35. The van der Waals surface area contributed by atoms with Crippen molar-refractivity contribution >= 4 is 39.1 Å². The normalized spacial score (nSPS) is 15.7. The van der Waals surface area contributed by atoms with Crippen LogP contribution in [0.25, 0.3) is 0 Å². The maximum Gasteiger partial charge on any atom is 0.241 e. The highest BCUT2D eigenvalue weighted by Gasteiger charge is 2.27. The summed E-state index contributed by atoms with van der Waals surface area (Å²) in [4.78, 5) is 13.2. The molecule has 11 heteroatoms. The van der Waals surface area contributed by atoms with Crippen molar-refractivity contribution in [2.24, 2.45) is 0 Å². The van der Waals surface area contributed by atoms with Gasteiger partial charge in [0.1, 0.15) is 5.75 Å². The molecule has 0 bridgehead atoms. The van der Waals surface area contributed by atoms with E-state index in [0.717, 1.165) is 23.4 Å². The van der Waals surface area contributed by atoms with Crippen LogP contribution >= 0.6 is 23.2 Å². The second-order valence-corrected chi connectivity index (χ2v) is 11.7. The van der Waals surface area contributed by atoms with E-state index in [-0.39, 0.29) is 33.3 Å². The number of carbonyl (C=O) groups is 1. The summed E-state index contributed by atoms with van der Waals surface area (Å²) in [6, 6.07) is 18.0. The molecule has 0 radical (unpaired) electrons. The fraction of sp³-hybridized carbons (Fsp3) is 0.321. The SMILES string of the molecule is COCCNCc1ccc2c(c1)OCCC2NC(=O)CC(NS(=O)(=O)c1ccc(Cl)c(Cl)c1)c1ccccc1. The van der Waals surface area contributed by atoms with Crippen LogP contribution < -0.4 is 20.1 Å². The van der Waals surface area contributed by atoms with Crippen LogP contribution in [0.15, 0.2) is 71.6 Å². The number of sulfonamides is 1. The van der Waals surface area contributed by atoms with Gasteiger partial charge in [-0.3, -0.25) is 4.79 Å². The molecule has 1 aliphatic heterocycles. The fourth-order valence-corrected chi connectivity index (χ4v) is 5.96. The summed E-state index contributed by atoms with van der Waals surface area (Å²) < 4.78 is 40.0. The molecule has 0 saturated heterocycles. The van der Waals surface area contributed by atoms with Gasteiger partial charge in [-0.05, 0) is 35.4 Å². The van der Waals surface area contributed by atoms with E-state index in [1.165, 1.54) is 18.2 Å². The zero-order chi connectivity index (χ0) is 27.8. The highest BCUT2D eigenvalue weighted by molar-refractivity contribution is 7.89. The molecule has 0 aliphatic carbocycles. The minimum atomic E-state index is -4.00.